The van der Waals surface area contributed by atoms with Crippen molar-refractivity contribution < 1.29 is 4.79 Å². The Balaban J connectivity index is 0.000000385. The van der Waals surface area contributed by atoms with E-state index in [1.54, 1.807) is 0 Å². The highest BCUT2D eigenvalue weighted by Crippen LogP contribution is 2.04. The van der Waals surface area contributed by atoms with Crippen LogP contribution in [0.15, 0.2) is 43.5 Å². The molecule has 0 heterocycles. The second-order valence-corrected chi connectivity index (χ2v) is 3.08. The zero-order valence-corrected chi connectivity index (χ0v) is 9.57. The topological polar surface area (TPSA) is 55.1 Å². The van der Waals surface area contributed by atoms with E-state index < -0.39 is 5.91 Å². The van der Waals surface area contributed by atoms with Gasteiger partial charge in [-0.05, 0) is 24.3 Å². The van der Waals surface area contributed by atoms with Crippen LogP contribution in [0.2, 0.25) is 0 Å². The van der Waals surface area contributed by atoms with Crippen LogP contribution in [0.1, 0.15) is 11.1 Å². The molecule has 0 aromatic heterocycles. The van der Waals surface area contributed by atoms with Gasteiger partial charge in [0, 0.05) is 6.54 Å². The lowest BCUT2D eigenvalue weighted by Crippen LogP contribution is -2.04. The molecule has 3 nitrogen and oxygen atoms in total. The summed E-state index contributed by atoms with van der Waals surface area (Å²) in [5.41, 5.74) is 7.01. The molecule has 3 N–H and O–H groups in total. The Hall–Kier alpha value is -1.87. The highest BCUT2D eigenvalue weighted by atomic mass is 16.1. The third kappa shape index (κ3) is 6.56. The molecule has 0 aliphatic rings. The van der Waals surface area contributed by atoms with Gasteiger partial charge in [0.15, 0.2) is 0 Å². The number of hydrogen-bond acceptors (Lipinski definition) is 2. The van der Waals surface area contributed by atoms with Gasteiger partial charge in [-0.2, -0.15) is 0 Å². The SMILES string of the molecule is C=CC(N)=O.C=Cc1ccc(CNC)cc1. The van der Waals surface area contributed by atoms with Crippen molar-refractivity contribution in [3.05, 3.63) is 54.6 Å². The van der Waals surface area contributed by atoms with Crippen LogP contribution in [-0.4, -0.2) is 13.0 Å². The Morgan fingerprint density at radius 3 is 2.19 bits per heavy atom. The van der Waals surface area contributed by atoms with Crippen LogP contribution in [0, 0.1) is 0 Å². The Morgan fingerprint density at radius 1 is 1.38 bits per heavy atom. The molecule has 1 amide bonds. The van der Waals surface area contributed by atoms with Gasteiger partial charge in [-0.3, -0.25) is 4.79 Å². The molecule has 86 valence electrons. The summed E-state index contributed by atoms with van der Waals surface area (Å²) in [4.78, 5) is 9.47. The number of hydrogen-bond donors (Lipinski definition) is 2. The first-order valence-electron chi connectivity index (χ1n) is 4.92. The maximum Gasteiger partial charge on any atom is 0.240 e. The normalized spacial score (nSPS) is 8.56. The zero-order chi connectivity index (χ0) is 12.4. The Labute approximate surface area is 96.7 Å². The van der Waals surface area contributed by atoms with Crippen molar-refractivity contribution >= 4 is 12.0 Å². The first kappa shape index (κ1) is 14.1. The van der Waals surface area contributed by atoms with Crippen molar-refractivity contribution in [1.82, 2.24) is 5.32 Å². The summed E-state index contributed by atoms with van der Waals surface area (Å²) in [6.07, 6.45) is 2.91. The molecule has 0 aliphatic carbocycles. The molecular weight excluding hydrogens is 200 g/mol. The van der Waals surface area contributed by atoms with Crippen LogP contribution >= 0.6 is 0 Å². The second-order valence-electron chi connectivity index (χ2n) is 3.08. The summed E-state index contributed by atoms with van der Waals surface area (Å²) in [7, 11) is 1.95. The van der Waals surface area contributed by atoms with Gasteiger partial charge in [-0.15, -0.1) is 0 Å². The van der Waals surface area contributed by atoms with Crippen LogP contribution < -0.4 is 11.1 Å². The second kappa shape index (κ2) is 8.44. The lowest BCUT2D eigenvalue weighted by molar-refractivity contribution is -0.113. The van der Waals surface area contributed by atoms with Gasteiger partial charge in [-0.1, -0.05) is 43.5 Å². The summed E-state index contributed by atoms with van der Waals surface area (Å²) in [6, 6.07) is 8.35. The fraction of sp³-hybridized carbons (Fsp3) is 0.154. The van der Waals surface area contributed by atoms with Crippen LogP contribution in [0.25, 0.3) is 6.08 Å². The molecule has 3 heteroatoms. The largest absolute Gasteiger partial charge is 0.366 e. The van der Waals surface area contributed by atoms with Crippen molar-refractivity contribution in [3.63, 3.8) is 0 Å². The smallest absolute Gasteiger partial charge is 0.240 e. The van der Waals surface area contributed by atoms with Gasteiger partial charge in [0.1, 0.15) is 0 Å². The predicted octanol–water partition coefficient (Wildman–Crippen LogP) is 1.71. The summed E-state index contributed by atoms with van der Waals surface area (Å²) >= 11 is 0. The van der Waals surface area contributed by atoms with E-state index in [2.05, 4.69) is 48.5 Å². The van der Waals surface area contributed by atoms with Gasteiger partial charge in [0.25, 0.3) is 0 Å². The maximum atomic E-state index is 9.47. The van der Waals surface area contributed by atoms with Gasteiger partial charge in [0.2, 0.25) is 5.91 Å². The quantitative estimate of drug-likeness (QED) is 0.756. The number of benzene rings is 1. The summed E-state index contributed by atoms with van der Waals surface area (Å²) in [5, 5.41) is 3.10. The van der Waals surface area contributed by atoms with E-state index in [1.165, 1.54) is 11.1 Å². The van der Waals surface area contributed by atoms with E-state index >= 15 is 0 Å². The monoisotopic (exact) mass is 218 g/mol. The number of primary amides is 1. The van der Waals surface area contributed by atoms with Gasteiger partial charge < -0.3 is 11.1 Å². The van der Waals surface area contributed by atoms with Crippen LogP contribution in [0.4, 0.5) is 0 Å². The molecular formula is C13H18N2O. The van der Waals surface area contributed by atoms with Crippen molar-refractivity contribution in [1.29, 1.82) is 0 Å². The van der Waals surface area contributed by atoms with E-state index in [-0.39, 0.29) is 0 Å². The standard InChI is InChI=1S/C10H13N.C3H5NO/c1-3-9-4-6-10(7-5-9)8-11-2;1-2-3(4)5/h3-7,11H,1,8H2,2H3;2H,1H2,(H2,4,5). The highest BCUT2D eigenvalue weighted by molar-refractivity contribution is 5.84. The Bertz CT molecular complexity index is 341. The third-order valence-electron chi connectivity index (χ3n) is 1.80. The van der Waals surface area contributed by atoms with Gasteiger partial charge in [-0.25, -0.2) is 0 Å². The molecule has 0 saturated heterocycles. The van der Waals surface area contributed by atoms with Crippen LogP contribution in [0.5, 0.6) is 0 Å². The lowest BCUT2D eigenvalue weighted by atomic mass is 10.1. The number of nitrogens with two attached hydrogens (primary N) is 1. The summed E-state index contributed by atoms with van der Waals surface area (Å²) < 4.78 is 0. The molecule has 1 aromatic rings. The minimum absolute atomic E-state index is 0.481. The fourth-order valence-electron chi connectivity index (χ4n) is 0.976. The first-order chi connectivity index (χ1) is 7.63. The summed E-state index contributed by atoms with van der Waals surface area (Å²) in [6.45, 7) is 7.70. The van der Waals surface area contributed by atoms with Crippen molar-refractivity contribution in [2.75, 3.05) is 7.05 Å². The fourth-order valence-corrected chi connectivity index (χ4v) is 0.976. The number of nitrogens with one attached hydrogen (secondary N) is 1. The minimum atomic E-state index is -0.481. The number of carbonyl (C=O) groups is 1. The maximum absolute atomic E-state index is 9.47. The molecule has 0 bridgehead atoms. The van der Waals surface area contributed by atoms with Crippen molar-refractivity contribution in [3.8, 4) is 0 Å². The number of amides is 1. The van der Waals surface area contributed by atoms with Crippen LogP contribution in [-0.2, 0) is 11.3 Å². The molecule has 0 spiro atoms. The molecule has 1 aromatic carbocycles. The average molecular weight is 218 g/mol. The molecule has 0 radical (unpaired) electrons. The molecule has 0 saturated carbocycles. The van der Waals surface area contributed by atoms with Crippen LogP contribution in [0.3, 0.4) is 0 Å². The average Bonchev–Trinajstić information content (AvgIpc) is 2.31. The molecule has 0 aliphatic heterocycles. The van der Waals surface area contributed by atoms with Gasteiger partial charge >= 0.3 is 0 Å². The minimum Gasteiger partial charge on any atom is -0.366 e. The number of rotatable bonds is 4. The van der Waals surface area contributed by atoms with E-state index in [4.69, 9.17) is 0 Å². The predicted molar refractivity (Wildman–Crippen MR) is 68.7 cm³/mol. The van der Waals surface area contributed by atoms with E-state index in [0.717, 1.165) is 12.6 Å². The summed E-state index contributed by atoms with van der Waals surface area (Å²) in [5.74, 6) is -0.481. The van der Waals surface area contributed by atoms with E-state index in [0.29, 0.717) is 0 Å². The molecule has 16 heavy (non-hydrogen) atoms. The third-order valence-corrected chi connectivity index (χ3v) is 1.80. The van der Waals surface area contributed by atoms with E-state index in [9.17, 15) is 4.79 Å². The van der Waals surface area contributed by atoms with Crippen molar-refractivity contribution in [2.45, 2.75) is 6.54 Å². The van der Waals surface area contributed by atoms with Gasteiger partial charge in [0.05, 0.1) is 0 Å². The Kier molecular flexibility index (Phi) is 7.45. The zero-order valence-electron chi connectivity index (χ0n) is 9.57. The van der Waals surface area contributed by atoms with Crippen molar-refractivity contribution in [2.24, 2.45) is 5.73 Å². The Morgan fingerprint density at radius 2 is 1.88 bits per heavy atom. The molecule has 0 fully saturated rings. The van der Waals surface area contributed by atoms with E-state index in [1.807, 2.05) is 13.1 Å². The molecule has 0 atom stereocenters. The highest BCUT2D eigenvalue weighted by Gasteiger charge is 1.88. The number of carbonyl (C=O) groups excluding carboxylic acids is 1. The lowest BCUT2D eigenvalue weighted by Gasteiger charge is -1.99. The molecule has 0 unspecified atom stereocenters. The first-order valence-corrected chi connectivity index (χ1v) is 4.92. The molecule has 1 rings (SSSR count).